The molecule has 1 N–H and O–H groups in total. The van der Waals surface area contributed by atoms with Gasteiger partial charge in [0.25, 0.3) is 0 Å². The number of aryl methyl sites for hydroxylation is 1. The lowest BCUT2D eigenvalue weighted by molar-refractivity contribution is 0.101. The zero-order valence-electron chi connectivity index (χ0n) is 8.57. The number of hydrogen-bond donors (Lipinski definition) is 1. The quantitative estimate of drug-likeness (QED) is 0.772. The van der Waals surface area contributed by atoms with Gasteiger partial charge in [0.05, 0.1) is 0 Å². The molecule has 0 spiro atoms. The maximum atomic E-state index is 9.91. The van der Waals surface area contributed by atoms with E-state index in [-0.39, 0.29) is 5.92 Å². The van der Waals surface area contributed by atoms with E-state index in [1.165, 1.54) is 0 Å². The summed E-state index contributed by atoms with van der Waals surface area (Å²) in [5, 5.41) is 9.91. The molecule has 0 aliphatic rings. The van der Waals surface area contributed by atoms with Gasteiger partial charge < -0.3 is 9.67 Å². The Bertz CT molecular complexity index is 257. The monoisotopic (exact) mass is 182 g/mol. The van der Waals surface area contributed by atoms with Crippen LogP contribution in [0.4, 0.5) is 0 Å². The largest absolute Gasteiger partial charge is 0.385 e. The van der Waals surface area contributed by atoms with Gasteiger partial charge in [-0.15, -0.1) is 0 Å². The average molecular weight is 182 g/mol. The number of hydrogen-bond acceptors (Lipinski definition) is 2. The number of rotatable bonds is 4. The van der Waals surface area contributed by atoms with Crippen LogP contribution in [0, 0.1) is 5.92 Å². The molecule has 74 valence electrons. The molecule has 0 fully saturated rings. The predicted molar refractivity (Wildman–Crippen MR) is 52.2 cm³/mol. The lowest BCUT2D eigenvalue weighted by Crippen LogP contribution is -2.13. The Labute approximate surface area is 79.4 Å². The fraction of sp³-hybridized carbons (Fsp3) is 0.700. The fourth-order valence-electron chi connectivity index (χ4n) is 1.53. The summed E-state index contributed by atoms with van der Waals surface area (Å²) >= 11 is 0. The van der Waals surface area contributed by atoms with Crippen molar-refractivity contribution in [3.05, 3.63) is 18.2 Å². The lowest BCUT2D eigenvalue weighted by Gasteiger charge is -2.17. The van der Waals surface area contributed by atoms with Gasteiger partial charge in [-0.1, -0.05) is 20.3 Å². The minimum atomic E-state index is -0.431. The number of aromatic nitrogens is 2. The SMILES string of the molecule is CCCC(C)C(O)c1nccn1C. The van der Waals surface area contributed by atoms with Crippen LogP contribution < -0.4 is 0 Å². The number of aliphatic hydroxyl groups is 1. The summed E-state index contributed by atoms with van der Waals surface area (Å²) in [6.45, 7) is 4.19. The van der Waals surface area contributed by atoms with Crippen LogP contribution in [0.25, 0.3) is 0 Å². The smallest absolute Gasteiger partial charge is 0.137 e. The van der Waals surface area contributed by atoms with Crippen molar-refractivity contribution in [2.45, 2.75) is 32.8 Å². The normalized spacial score (nSPS) is 15.7. The van der Waals surface area contributed by atoms with Crippen LogP contribution in [-0.2, 0) is 7.05 Å². The standard InChI is InChI=1S/C10H18N2O/c1-4-5-8(2)9(13)10-11-6-7-12(10)3/h6-9,13H,4-5H2,1-3H3. The van der Waals surface area contributed by atoms with Crippen LogP contribution in [0.1, 0.15) is 38.6 Å². The summed E-state index contributed by atoms with van der Waals surface area (Å²) in [5.41, 5.74) is 0. The van der Waals surface area contributed by atoms with Crippen molar-refractivity contribution < 1.29 is 5.11 Å². The van der Waals surface area contributed by atoms with Gasteiger partial charge in [-0.25, -0.2) is 4.98 Å². The second-order valence-electron chi connectivity index (χ2n) is 3.61. The first kappa shape index (κ1) is 10.3. The van der Waals surface area contributed by atoms with Crippen LogP contribution in [0.15, 0.2) is 12.4 Å². The summed E-state index contributed by atoms with van der Waals surface area (Å²) < 4.78 is 1.87. The topological polar surface area (TPSA) is 38.1 Å². The van der Waals surface area contributed by atoms with E-state index in [2.05, 4.69) is 18.8 Å². The van der Waals surface area contributed by atoms with Gasteiger partial charge in [-0.05, 0) is 12.3 Å². The van der Waals surface area contributed by atoms with Gasteiger partial charge in [0.2, 0.25) is 0 Å². The molecule has 3 heteroatoms. The molecule has 1 aromatic rings. The van der Waals surface area contributed by atoms with Crippen molar-refractivity contribution in [2.75, 3.05) is 0 Å². The molecule has 0 bridgehead atoms. The zero-order chi connectivity index (χ0) is 9.84. The van der Waals surface area contributed by atoms with Crippen molar-refractivity contribution >= 4 is 0 Å². The van der Waals surface area contributed by atoms with Crippen LogP contribution in [0.5, 0.6) is 0 Å². The summed E-state index contributed by atoms with van der Waals surface area (Å²) in [4.78, 5) is 4.13. The maximum Gasteiger partial charge on any atom is 0.137 e. The Morgan fingerprint density at radius 3 is 2.77 bits per heavy atom. The Hall–Kier alpha value is -0.830. The molecule has 1 rings (SSSR count). The summed E-state index contributed by atoms with van der Waals surface area (Å²) in [6, 6.07) is 0. The highest BCUT2D eigenvalue weighted by Crippen LogP contribution is 2.23. The molecule has 0 aliphatic heterocycles. The van der Waals surface area contributed by atoms with Crippen LogP contribution >= 0.6 is 0 Å². The van der Waals surface area contributed by atoms with E-state index < -0.39 is 6.10 Å². The molecule has 0 amide bonds. The van der Waals surface area contributed by atoms with E-state index >= 15 is 0 Å². The molecule has 0 aromatic carbocycles. The molecule has 2 unspecified atom stereocenters. The highest BCUT2D eigenvalue weighted by Gasteiger charge is 2.18. The molecule has 0 saturated heterocycles. The average Bonchev–Trinajstić information content (AvgIpc) is 2.50. The summed E-state index contributed by atoms with van der Waals surface area (Å²) in [7, 11) is 1.91. The van der Waals surface area contributed by atoms with E-state index in [0.29, 0.717) is 0 Å². The van der Waals surface area contributed by atoms with Gasteiger partial charge >= 0.3 is 0 Å². The van der Waals surface area contributed by atoms with E-state index in [1.54, 1.807) is 6.20 Å². The molecule has 3 nitrogen and oxygen atoms in total. The molecular formula is C10H18N2O. The van der Waals surface area contributed by atoms with Crippen molar-refractivity contribution in [3.8, 4) is 0 Å². The first-order chi connectivity index (χ1) is 6.16. The van der Waals surface area contributed by atoms with Crippen LogP contribution in [0.2, 0.25) is 0 Å². The molecule has 13 heavy (non-hydrogen) atoms. The van der Waals surface area contributed by atoms with Crippen molar-refractivity contribution in [3.63, 3.8) is 0 Å². The Balaban J connectivity index is 2.67. The van der Waals surface area contributed by atoms with Crippen LogP contribution in [0.3, 0.4) is 0 Å². The van der Waals surface area contributed by atoms with E-state index in [9.17, 15) is 5.11 Å². The lowest BCUT2D eigenvalue weighted by atomic mass is 9.99. The predicted octanol–water partition coefficient (Wildman–Crippen LogP) is 1.89. The Kier molecular flexibility index (Phi) is 3.48. The fourth-order valence-corrected chi connectivity index (χ4v) is 1.53. The maximum absolute atomic E-state index is 9.91. The molecule has 0 radical (unpaired) electrons. The zero-order valence-corrected chi connectivity index (χ0v) is 8.57. The Morgan fingerprint density at radius 2 is 2.31 bits per heavy atom. The van der Waals surface area contributed by atoms with E-state index in [4.69, 9.17) is 0 Å². The third kappa shape index (κ3) is 2.31. The highest BCUT2D eigenvalue weighted by atomic mass is 16.3. The molecule has 1 aromatic heterocycles. The molecule has 2 atom stereocenters. The second-order valence-corrected chi connectivity index (χ2v) is 3.61. The van der Waals surface area contributed by atoms with E-state index in [0.717, 1.165) is 18.7 Å². The van der Waals surface area contributed by atoms with Crippen molar-refractivity contribution in [1.82, 2.24) is 9.55 Å². The van der Waals surface area contributed by atoms with Gasteiger partial charge in [-0.2, -0.15) is 0 Å². The van der Waals surface area contributed by atoms with Crippen LogP contribution in [-0.4, -0.2) is 14.7 Å². The molecule has 1 heterocycles. The molecule has 0 saturated carbocycles. The first-order valence-electron chi connectivity index (χ1n) is 4.82. The highest BCUT2D eigenvalue weighted by molar-refractivity contribution is 4.96. The second kappa shape index (κ2) is 4.42. The third-order valence-electron chi connectivity index (χ3n) is 2.41. The Morgan fingerprint density at radius 1 is 1.62 bits per heavy atom. The summed E-state index contributed by atoms with van der Waals surface area (Å²) in [5.74, 6) is 1.05. The first-order valence-corrected chi connectivity index (χ1v) is 4.82. The number of imidazole rings is 1. The van der Waals surface area contributed by atoms with Crippen molar-refractivity contribution in [1.29, 1.82) is 0 Å². The third-order valence-corrected chi connectivity index (χ3v) is 2.41. The van der Waals surface area contributed by atoms with Gasteiger partial charge in [0.15, 0.2) is 0 Å². The minimum absolute atomic E-state index is 0.283. The molecule has 0 aliphatic carbocycles. The minimum Gasteiger partial charge on any atom is -0.385 e. The van der Waals surface area contributed by atoms with Gasteiger partial charge in [0.1, 0.15) is 11.9 Å². The number of nitrogens with zero attached hydrogens (tertiary/aromatic N) is 2. The van der Waals surface area contributed by atoms with E-state index in [1.807, 2.05) is 17.8 Å². The van der Waals surface area contributed by atoms with Gasteiger partial charge in [0, 0.05) is 19.4 Å². The number of aliphatic hydroxyl groups excluding tert-OH is 1. The molecular weight excluding hydrogens is 164 g/mol. The summed E-state index contributed by atoms with van der Waals surface area (Å²) in [6.07, 6.45) is 5.28. The van der Waals surface area contributed by atoms with Gasteiger partial charge in [-0.3, -0.25) is 0 Å². The van der Waals surface area contributed by atoms with Crippen molar-refractivity contribution in [2.24, 2.45) is 13.0 Å².